The first-order valence-corrected chi connectivity index (χ1v) is 6.87. The van der Waals surface area contributed by atoms with Crippen LogP contribution in [0, 0.1) is 5.92 Å². The summed E-state index contributed by atoms with van der Waals surface area (Å²) in [4.78, 5) is 11.4. The maximum atomic E-state index is 11.4. The quantitative estimate of drug-likeness (QED) is 0.747. The molecule has 0 aromatic carbocycles. The first-order chi connectivity index (χ1) is 7.06. The zero-order chi connectivity index (χ0) is 11.3. The molecule has 0 aromatic rings. The third kappa shape index (κ3) is 4.03. The number of piperidine rings is 1. The van der Waals surface area contributed by atoms with Crippen molar-refractivity contribution in [3.63, 3.8) is 0 Å². The molecule has 0 saturated carbocycles. The Balaban J connectivity index is 2.45. The fraction of sp³-hybridized carbons (Fsp3) is 0.909. The van der Waals surface area contributed by atoms with Gasteiger partial charge in [0.15, 0.2) is 0 Å². The van der Waals surface area contributed by atoms with Crippen LogP contribution in [0.1, 0.15) is 26.7 Å². The van der Waals surface area contributed by atoms with Crippen LogP contribution < -0.4 is 5.32 Å². The topological polar surface area (TPSA) is 38.3 Å². The van der Waals surface area contributed by atoms with Gasteiger partial charge in [0.2, 0.25) is 0 Å². The Hall–Kier alpha value is -0.220. The predicted molar refractivity (Wildman–Crippen MR) is 64.1 cm³/mol. The number of carbonyl (C=O) groups excluding carboxylic acids is 1. The lowest BCUT2D eigenvalue weighted by molar-refractivity contribution is -0.159. The molecule has 1 aliphatic heterocycles. The van der Waals surface area contributed by atoms with Crippen LogP contribution in [0.5, 0.6) is 0 Å². The number of hydrogen-bond acceptors (Lipinski definition) is 4. The second-order valence-corrected chi connectivity index (χ2v) is 5.40. The number of thioether (sulfide) groups is 1. The molecule has 1 N–H and O–H groups in total. The molecule has 3 nitrogen and oxygen atoms in total. The summed E-state index contributed by atoms with van der Waals surface area (Å²) in [5.74, 6) is 0.851. The van der Waals surface area contributed by atoms with Crippen molar-refractivity contribution in [3.8, 4) is 0 Å². The van der Waals surface area contributed by atoms with Crippen LogP contribution in [0.15, 0.2) is 0 Å². The second kappa shape index (κ2) is 5.75. The van der Waals surface area contributed by atoms with Crippen molar-refractivity contribution in [2.75, 3.05) is 25.1 Å². The highest BCUT2D eigenvalue weighted by molar-refractivity contribution is 7.99. The van der Waals surface area contributed by atoms with Gasteiger partial charge in [-0.15, -0.1) is 0 Å². The van der Waals surface area contributed by atoms with Crippen LogP contribution in [0.2, 0.25) is 0 Å². The Morgan fingerprint density at radius 3 is 2.60 bits per heavy atom. The number of ether oxygens (including phenoxy) is 1. The minimum absolute atomic E-state index is 0.0916. The molecule has 1 aliphatic rings. The monoisotopic (exact) mass is 231 g/mol. The van der Waals surface area contributed by atoms with E-state index in [0.29, 0.717) is 11.7 Å². The highest BCUT2D eigenvalue weighted by Gasteiger charge is 2.33. The van der Waals surface area contributed by atoms with E-state index in [2.05, 4.69) is 5.32 Å². The summed E-state index contributed by atoms with van der Waals surface area (Å²) in [5.41, 5.74) is -0.311. The fourth-order valence-corrected chi connectivity index (χ4v) is 2.34. The number of esters is 1. The first kappa shape index (κ1) is 12.8. The molecule has 1 saturated heterocycles. The third-order valence-corrected chi connectivity index (χ3v) is 3.49. The van der Waals surface area contributed by atoms with Gasteiger partial charge in [-0.1, -0.05) is 0 Å². The van der Waals surface area contributed by atoms with Gasteiger partial charge in [0.05, 0.1) is 5.75 Å². The lowest BCUT2D eigenvalue weighted by atomic mass is 9.83. The van der Waals surface area contributed by atoms with E-state index >= 15 is 0 Å². The van der Waals surface area contributed by atoms with Crippen molar-refractivity contribution in [3.05, 3.63) is 0 Å². The van der Waals surface area contributed by atoms with Gasteiger partial charge < -0.3 is 10.1 Å². The van der Waals surface area contributed by atoms with Crippen LogP contribution in [-0.4, -0.2) is 36.7 Å². The first-order valence-electron chi connectivity index (χ1n) is 5.48. The molecule has 1 fully saturated rings. The molecular weight excluding hydrogens is 210 g/mol. The van der Waals surface area contributed by atoms with Crippen LogP contribution in [0.4, 0.5) is 0 Å². The second-order valence-electron chi connectivity index (χ2n) is 4.53. The number of rotatable bonds is 4. The van der Waals surface area contributed by atoms with Crippen LogP contribution in [0.25, 0.3) is 0 Å². The van der Waals surface area contributed by atoms with E-state index in [-0.39, 0.29) is 11.6 Å². The molecular formula is C11H21NO2S. The maximum absolute atomic E-state index is 11.4. The standard InChI is InChI=1S/C11H21NO2S/c1-11(2,14-10(13)8-15-3)9-4-6-12-7-5-9/h9,12H,4-8H2,1-3H3. The average molecular weight is 231 g/mol. The van der Waals surface area contributed by atoms with Gasteiger partial charge in [0.25, 0.3) is 0 Å². The smallest absolute Gasteiger partial charge is 0.316 e. The molecule has 0 spiro atoms. The Morgan fingerprint density at radius 2 is 2.07 bits per heavy atom. The van der Waals surface area contributed by atoms with Crippen LogP contribution in [-0.2, 0) is 9.53 Å². The Labute approximate surface area is 96.3 Å². The molecule has 0 aromatic heterocycles. The van der Waals surface area contributed by atoms with Gasteiger partial charge in [0.1, 0.15) is 5.60 Å². The van der Waals surface area contributed by atoms with Gasteiger partial charge in [0, 0.05) is 5.92 Å². The predicted octanol–water partition coefficient (Wildman–Crippen LogP) is 1.67. The average Bonchev–Trinajstić information content (AvgIpc) is 2.18. The molecule has 15 heavy (non-hydrogen) atoms. The molecule has 0 atom stereocenters. The molecule has 0 radical (unpaired) electrons. The highest BCUT2D eigenvalue weighted by atomic mass is 32.2. The molecule has 0 amide bonds. The molecule has 0 bridgehead atoms. The van der Waals surface area contributed by atoms with Gasteiger partial charge in [-0.2, -0.15) is 11.8 Å². The minimum Gasteiger partial charge on any atom is -0.459 e. The number of hydrogen-bond donors (Lipinski definition) is 1. The molecule has 0 aliphatic carbocycles. The van der Waals surface area contributed by atoms with Crippen molar-refractivity contribution in [2.24, 2.45) is 5.92 Å². The lowest BCUT2D eigenvalue weighted by Gasteiger charge is -2.36. The fourth-order valence-electron chi connectivity index (χ4n) is 2.04. The molecule has 4 heteroatoms. The molecule has 1 heterocycles. The Morgan fingerprint density at radius 1 is 1.47 bits per heavy atom. The van der Waals surface area contributed by atoms with Crippen molar-refractivity contribution >= 4 is 17.7 Å². The Bertz CT molecular complexity index is 213. The van der Waals surface area contributed by atoms with E-state index in [1.165, 1.54) is 11.8 Å². The van der Waals surface area contributed by atoms with Gasteiger partial charge in [-0.3, -0.25) is 4.79 Å². The van der Waals surface area contributed by atoms with Gasteiger partial charge in [-0.05, 0) is 46.0 Å². The highest BCUT2D eigenvalue weighted by Crippen LogP contribution is 2.29. The SMILES string of the molecule is CSCC(=O)OC(C)(C)C1CCNCC1. The van der Waals surface area contributed by atoms with E-state index in [1.807, 2.05) is 20.1 Å². The summed E-state index contributed by atoms with van der Waals surface area (Å²) in [6.45, 7) is 6.13. The van der Waals surface area contributed by atoms with Gasteiger partial charge in [-0.25, -0.2) is 0 Å². The summed E-state index contributed by atoms with van der Waals surface area (Å²) >= 11 is 1.51. The number of carbonyl (C=O) groups is 1. The summed E-state index contributed by atoms with van der Waals surface area (Å²) in [7, 11) is 0. The largest absolute Gasteiger partial charge is 0.459 e. The lowest BCUT2D eigenvalue weighted by Crippen LogP contribution is -2.43. The minimum atomic E-state index is -0.311. The molecule has 1 rings (SSSR count). The van der Waals surface area contributed by atoms with Crippen LogP contribution in [0.3, 0.4) is 0 Å². The molecule has 88 valence electrons. The van der Waals surface area contributed by atoms with Crippen molar-refractivity contribution < 1.29 is 9.53 Å². The van der Waals surface area contributed by atoms with E-state index < -0.39 is 0 Å². The molecule has 0 unspecified atom stereocenters. The number of nitrogens with one attached hydrogen (secondary N) is 1. The summed E-state index contributed by atoms with van der Waals surface area (Å²) in [6, 6.07) is 0. The Kier molecular flexibility index (Phi) is 4.93. The van der Waals surface area contributed by atoms with Crippen molar-refractivity contribution in [1.29, 1.82) is 0 Å². The third-order valence-electron chi connectivity index (χ3n) is 2.96. The zero-order valence-electron chi connectivity index (χ0n) is 9.84. The maximum Gasteiger partial charge on any atom is 0.316 e. The van der Waals surface area contributed by atoms with Crippen molar-refractivity contribution in [1.82, 2.24) is 5.32 Å². The normalized spacial score (nSPS) is 18.9. The van der Waals surface area contributed by atoms with Gasteiger partial charge >= 0.3 is 5.97 Å². The summed E-state index contributed by atoms with van der Waals surface area (Å²) in [6.07, 6.45) is 4.11. The summed E-state index contributed by atoms with van der Waals surface area (Å²) < 4.78 is 5.53. The van der Waals surface area contributed by atoms with Crippen molar-refractivity contribution in [2.45, 2.75) is 32.3 Å². The van der Waals surface area contributed by atoms with E-state index in [1.54, 1.807) is 0 Å². The summed E-state index contributed by atoms with van der Waals surface area (Å²) in [5, 5.41) is 3.32. The van der Waals surface area contributed by atoms with E-state index in [0.717, 1.165) is 25.9 Å². The van der Waals surface area contributed by atoms with E-state index in [4.69, 9.17) is 4.74 Å². The van der Waals surface area contributed by atoms with E-state index in [9.17, 15) is 4.79 Å². The zero-order valence-corrected chi connectivity index (χ0v) is 10.7. The van der Waals surface area contributed by atoms with Crippen LogP contribution >= 0.6 is 11.8 Å².